The number of Topliss-reactive ketones (excluding diaryl/α,β-unsaturated/α-hetero) is 1. The van der Waals surface area contributed by atoms with Gasteiger partial charge in [-0.1, -0.05) is 43.6 Å². The summed E-state index contributed by atoms with van der Waals surface area (Å²) in [6.07, 6.45) is 9.09. The highest BCUT2D eigenvalue weighted by Gasteiger charge is 2.51. The van der Waals surface area contributed by atoms with Crippen molar-refractivity contribution in [1.82, 2.24) is 0 Å². The Kier molecular flexibility index (Phi) is 7.04. The van der Waals surface area contributed by atoms with Gasteiger partial charge in [-0.3, -0.25) is 4.79 Å². The van der Waals surface area contributed by atoms with Crippen LogP contribution in [-0.4, -0.2) is 51.5 Å². The highest BCUT2D eigenvalue weighted by atomic mass is 16.5. The highest BCUT2D eigenvalue weighted by molar-refractivity contribution is 5.99. The molecule has 0 spiro atoms. The van der Waals surface area contributed by atoms with Gasteiger partial charge in [-0.05, 0) is 56.6 Å². The van der Waals surface area contributed by atoms with Gasteiger partial charge in [0, 0.05) is 17.6 Å². The number of aliphatic carboxylic acids is 1. The Morgan fingerprint density at radius 3 is 2.65 bits per heavy atom. The predicted molar refractivity (Wildman–Crippen MR) is 117 cm³/mol. The minimum atomic E-state index is -1.18. The lowest BCUT2D eigenvalue weighted by atomic mass is 9.61. The quantitative estimate of drug-likeness (QED) is 0.559. The summed E-state index contributed by atoms with van der Waals surface area (Å²) < 4.78 is 5.97. The third kappa shape index (κ3) is 4.61. The molecule has 0 radical (unpaired) electrons. The number of rotatable bonds is 6. The summed E-state index contributed by atoms with van der Waals surface area (Å²) in [6, 6.07) is 0. The van der Waals surface area contributed by atoms with Gasteiger partial charge in [0.15, 0.2) is 5.78 Å². The number of ketones is 1. The van der Waals surface area contributed by atoms with Gasteiger partial charge in [0.05, 0.1) is 12.7 Å². The van der Waals surface area contributed by atoms with Crippen LogP contribution in [0.4, 0.5) is 0 Å². The molecule has 0 aromatic heterocycles. The first-order chi connectivity index (χ1) is 14.6. The Morgan fingerprint density at radius 2 is 2.00 bits per heavy atom. The second-order valence-corrected chi connectivity index (χ2v) is 9.42. The first-order valence-corrected chi connectivity index (χ1v) is 11.1. The molecule has 0 amide bonds. The highest BCUT2D eigenvalue weighted by Crippen LogP contribution is 2.49. The average Bonchev–Trinajstić information content (AvgIpc) is 3.00. The van der Waals surface area contributed by atoms with E-state index in [2.05, 4.69) is 13.0 Å². The second kappa shape index (κ2) is 9.23. The number of carboxylic acid groups (broad SMARTS) is 1. The molecule has 0 aromatic carbocycles. The van der Waals surface area contributed by atoms with E-state index in [1.165, 1.54) is 13.0 Å². The van der Waals surface area contributed by atoms with E-state index in [0.717, 1.165) is 30.9 Å². The molecule has 3 N–H and O–H groups in total. The monoisotopic (exact) mass is 430 g/mol. The molecule has 1 saturated carbocycles. The molecule has 0 unspecified atom stereocenters. The molecule has 170 valence electrons. The summed E-state index contributed by atoms with van der Waals surface area (Å²) >= 11 is 0. The van der Waals surface area contributed by atoms with E-state index in [0.29, 0.717) is 11.1 Å². The van der Waals surface area contributed by atoms with Crippen molar-refractivity contribution in [1.29, 1.82) is 0 Å². The molecule has 3 aliphatic rings. The summed E-state index contributed by atoms with van der Waals surface area (Å²) in [5.74, 6) is -1.50. The van der Waals surface area contributed by atoms with Crippen molar-refractivity contribution in [3.05, 3.63) is 47.1 Å². The summed E-state index contributed by atoms with van der Waals surface area (Å²) in [6.45, 7) is 7.57. The van der Waals surface area contributed by atoms with Crippen LogP contribution in [0.2, 0.25) is 0 Å². The van der Waals surface area contributed by atoms with Crippen molar-refractivity contribution in [3.8, 4) is 0 Å². The first kappa shape index (κ1) is 23.6. The van der Waals surface area contributed by atoms with Crippen molar-refractivity contribution in [2.24, 2.45) is 23.7 Å². The lowest BCUT2D eigenvalue weighted by Crippen LogP contribution is -2.52. The molecular formula is C25H34O6. The molecule has 0 bridgehead atoms. The van der Waals surface area contributed by atoms with Gasteiger partial charge in [-0.25, -0.2) is 4.79 Å². The SMILES string of the molecule is CC1=C[C@@H]2CCC[C@H](C)[C@H]2[C@@H]([C@@H](O)[C@@]2(C)OCC=C2/C=C/C(=O)O)C(C(=O)[C@H](C)O)=C1. The smallest absolute Gasteiger partial charge is 0.328 e. The fourth-order valence-electron chi connectivity index (χ4n) is 5.67. The molecule has 0 aromatic rings. The molecule has 6 heteroatoms. The van der Waals surface area contributed by atoms with Crippen molar-refractivity contribution in [3.63, 3.8) is 0 Å². The minimum Gasteiger partial charge on any atom is -0.478 e. The normalized spacial score (nSPS) is 35.5. The molecule has 7 atom stereocenters. The number of carbonyl (C=O) groups excluding carboxylic acids is 1. The van der Waals surface area contributed by atoms with Crippen LogP contribution in [-0.2, 0) is 14.3 Å². The van der Waals surface area contributed by atoms with E-state index in [1.54, 1.807) is 13.0 Å². The zero-order chi connectivity index (χ0) is 22.9. The number of hydrogen-bond acceptors (Lipinski definition) is 5. The largest absolute Gasteiger partial charge is 0.478 e. The number of carboxylic acids is 1. The second-order valence-electron chi connectivity index (χ2n) is 9.42. The van der Waals surface area contributed by atoms with Crippen LogP contribution in [0.25, 0.3) is 0 Å². The van der Waals surface area contributed by atoms with Crippen LogP contribution in [0.5, 0.6) is 0 Å². The molecule has 1 aliphatic heterocycles. The van der Waals surface area contributed by atoms with Crippen molar-refractivity contribution in [2.75, 3.05) is 6.61 Å². The zero-order valence-electron chi connectivity index (χ0n) is 18.7. The summed E-state index contributed by atoms with van der Waals surface area (Å²) in [7, 11) is 0. The Bertz CT molecular complexity index is 848. The fraction of sp³-hybridized carbons (Fsp3) is 0.600. The maximum atomic E-state index is 13.1. The van der Waals surface area contributed by atoms with Gasteiger partial charge in [0.1, 0.15) is 11.7 Å². The third-order valence-corrected chi connectivity index (χ3v) is 7.22. The number of aliphatic hydroxyl groups is 2. The standard InChI is InChI=1S/C25H34O6/c1-14-12-17-7-5-6-15(2)21(17)22(19(13-14)23(29)16(3)26)24(30)25(4)18(10-11-31-25)8-9-20(27)28/h8-10,12-13,15-17,21-22,24,26,30H,5-7,11H2,1-4H3,(H,27,28)/b9-8+/t15-,16-,17-,21+,22-,24+,25-/m0/s1. The van der Waals surface area contributed by atoms with Gasteiger partial charge in [-0.15, -0.1) is 0 Å². The summed E-state index contributed by atoms with van der Waals surface area (Å²) in [4.78, 5) is 24.2. The third-order valence-electron chi connectivity index (χ3n) is 7.22. The van der Waals surface area contributed by atoms with Gasteiger partial charge >= 0.3 is 5.97 Å². The first-order valence-electron chi connectivity index (χ1n) is 11.1. The Hall–Kier alpha value is -2.02. The maximum absolute atomic E-state index is 13.1. The Morgan fingerprint density at radius 1 is 1.29 bits per heavy atom. The number of carbonyl (C=O) groups is 2. The Labute approximate surface area is 184 Å². The summed E-state index contributed by atoms with van der Waals surface area (Å²) in [5.41, 5.74) is 0.812. The van der Waals surface area contributed by atoms with E-state index in [-0.39, 0.29) is 30.1 Å². The number of hydrogen-bond donors (Lipinski definition) is 3. The van der Waals surface area contributed by atoms with Crippen LogP contribution < -0.4 is 0 Å². The minimum absolute atomic E-state index is 0.0147. The van der Waals surface area contributed by atoms with Crippen molar-refractivity contribution in [2.45, 2.75) is 64.8 Å². The molecule has 1 heterocycles. The van der Waals surface area contributed by atoms with Crippen LogP contribution in [0, 0.1) is 23.7 Å². The van der Waals surface area contributed by atoms with Crippen LogP contribution in [0.1, 0.15) is 47.0 Å². The zero-order valence-corrected chi connectivity index (χ0v) is 18.7. The van der Waals surface area contributed by atoms with Gasteiger partial charge < -0.3 is 20.1 Å². The molecule has 0 saturated heterocycles. The van der Waals surface area contributed by atoms with Gasteiger partial charge in [-0.2, -0.15) is 0 Å². The molecule has 6 nitrogen and oxygen atoms in total. The maximum Gasteiger partial charge on any atom is 0.328 e. The predicted octanol–water partition coefficient (Wildman–Crippen LogP) is 3.21. The number of ether oxygens (including phenoxy) is 1. The molecule has 3 rings (SSSR count). The van der Waals surface area contributed by atoms with Gasteiger partial charge in [0.2, 0.25) is 0 Å². The number of aliphatic hydroxyl groups excluding tert-OH is 2. The lowest BCUT2D eigenvalue weighted by molar-refractivity contribution is -0.131. The van der Waals surface area contributed by atoms with Crippen molar-refractivity contribution < 1.29 is 29.6 Å². The molecule has 31 heavy (non-hydrogen) atoms. The van der Waals surface area contributed by atoms with Crippen molar-refractivity contribution >= 4 is 11.8 Å². The van der Waals surface area contributed by atoms with E-state index < -0.39 is 29.7 Å². The average molecular weight is 431 g/mol. The summed E-state index contributed by atoms with van der Waals surface area (Å²) in [5, 5.41) is 31.0. The topological polar surface area (TPSA) is 104 Å². The van der Waals surface area contributed by atoms with E-state index in [9.17, 15) is 19.8 Å². The van der Waals surface area contributed by atoms with E-state index in [4.69, 9.17) is 9.84 Å². The molecule has 1 fully saturated rings. The van der Waals surface area contributed by atoms with E-state index in [1.807, 2.05) is 13.0 Å². The van der Waals surface area contributed by atoms with E-state index >= 15 is 0 Å². The Balaban J connectivity index is 2.10. The fourth-order valence-corrected chi connectivity index (χ4v) is 5.67. The van der Waals surface area contributed by atoms with Gasteiger partial charge in [0.25, 0.3) is 0 Å². The molecular weight excluding hydrogens is 396 g/mol. The lowest BCUT2D eigenvalue weighted by Gasteiger charge is -2.46. The van der Waals surface area contributed by atoms with Crippen LogP contribution >= 0.6 is 0 Å². The van der Waals surface area contributed by atoms with Crippen LogP contribution in [0.15, 0.2) is 47.1 Å². The van der Waals surface area contributed by atoms with Crippen LogP contribution in [0.3, 0.4) is 0 Å². The number of allylic oxidation sites excluding steroid dienone is 3. The molecule has 2 aliphatic carbocycles. The number of fused-ring (bicyclic) bond motifs is 1.